The van der Waals surface area contributed by atoms with Gasteiger partial charge in [0.05, 0.1) is 25.5 Å². The molecule has 0 radical (unpaired) electrons. The molecule has 1 N–H and O–H groups in total. The number of fused-ring (bicyclic) bond motifs is 1. The second kappa shape index (κ2) is 7.70. The van der Waals surface area contributed by atoms with E-state index in [9.17, 15) is 4.79 Å². The smallest absolute Gasteiger partial charge is 0.255 e. The van der Waals surface area contributed by atoms with Gasteiger partial charge in [-0.05, 0) is 24.1 Å². The van der Waals surface area contributed by atoms with Crippen molar-refractivity contribution in [2.45, 2.75) is 39.3 Å². The first kappa shape index (κ1) is 17.5. The molecule has 0 saturated heterocycles. The normalized spacial score (nSPS) is 14.2. The van der Waals surface area contributed by atoms with Crippen LogP contribution in [0.3, 0.4) is 0 Å². The third-order valence-electron chi connectivity index (χ3n) is 4.50. The van der Waals surface area contributed by atoms with Crippen molar-refractivity contribution in [3.05, 3.63) is 51.2 Å². The van der Waals surface area contributed by atoms with E-state index in [1.807, 2.05) is 18.2 Å². The fraction of sp³-hybridized carbons (Fsp3) is 0.474. The largest absolute Gasteiger partial charge is 0.497 e. The van der Waals surface area contributed by atoms with E-state index in [1.165, 1.54) is 0 Å². The Morgan fingerprint density at radius 2 is 1.92 bits per heavy atom. The highest BCUT2D eigenvalue weighted by molar-refractivity contribution is 5.38. The highest BCUT2D eigenvalue weighted by Crippen LogP contribution is 2.24. The minimum atomic E-state index is 0.00127. The summed E-state index contributed by atoms with van der Waals surface area (Å²) < 4.78 is 10.7. The molecule has 2 heterocycles. The summed E-state index contributed by atoms with van der Waals surface area (Å²) in [5, 5.41) is 0. The van der Waals surface area contributed by atoms with Gasteiger partial charge in [-0.2, -0.15) is 0 Å². The lowest BCUT2D eigenvalue weighted by Gasteiger charge is -2.28. The summed E-state index contributed by atoms with van der Waals surface area (Å²) in [6.45, 7) is 4.32. The number of aromatic nitrogens is 2. The average Bonchev–Trinajstić information content (AvgIpc) is 2.62. The predicted octanol–water partition coefficient (Wildman–Crippen LogP) is 2.30. The number of H-pyrrole nitrogens is 1. The van der Waals surface area contributed by atoms with Gasteiger partial charge in [0, 0.05) is 38.5 Å². The Bertz CT molecular complexity index is 779. The molecule has 6 nitrogen and oxygen atoms in total. The van der Waals surface area contributed by atoms with Crippen molar-refractivity contribution >= 4 is 0 Å². The van der Waals surface area contributed by atoms with Crippen LogP contribution in [0.1, 0.15) is 36.0 Å². The summed E-state index contributed by atoms with van der Waals surface area (Å²) in [5.41, 5.74) is 2.85. The maximum atomic E-state index is 12.4. The van der Waals surface area contributed by atoms with E-state index in [0.29, 0.717) is 6.54 Å². The number of hydrogen-bond donors (Lipinski definition) is 1. The van der Waals surface area contributed by atoms with E-state index >= 15 is 0 Å². The SMILES string of the molecule is CCCc1nc2c(c(=O)[nH]1)CN(Cc1cc(OC)cc(OC)c1)CC2. The fourth-order valence-electron chi connectivity index (χ4n) is 3.24. The molecule has 0 aliphatic carbocycles. The Labute approximate surface area is 147 Å². The molecule has 0 amide bonds. The lowest BCUT2D eigenvalue weighted by Crippen LogP contribution is -2.35. The molecule has 1 aromatic heterocycles. The molecule has 0 fully saturated rings. The molecular weight excluding hydrogens is 318 g/mol. The highest BCUT2D eigenvalue weighted by Gasteiger charge is 2.21. The van der Waals surface area contributed by atoms with Crippen molar-refractivity contribution in [3.63, 3.8) is 0 Å². The zero-order valence-electron chi connectivity index (χ0n) is 15.1. The van der Waals surface area contributed by atoms with Crippen molar-refractivity contribution in [2.24, 2.45) is 0 Å². The molecule has 1 aromatic carbocycles. The summed E-state index contributed by atoms with van der Waals surface area (Å²) in [6.07, 6.45) is 2.60. The standard InChI is InChI=1S/C19H25N3O3/c1-4-5-18-20-17-6-7-22(12-16(17)19(23)21-18)11-13-8-14(24-2)10-15(9-13)25-3/h8-10H,4-7,11-12H2,1-3H3,(H,20,21,23). The molecule has 134 valence electrons. The molecule has 3 rings (SSSR count). The summed E-state index contributed by atoms with van der Waals surface area (Å²) in [5.74, 6) is 2.35. The third kappa shape index (κ3) is 4.02. The Morgan fingerprint density at radius 1 is 1.20 bits per heavy atom. The number of nitrogens with one attached hydrogen (secondary N) is 1. The zero-order valence-corrected chi connectivity index (χ0v) is 15.1. The summed E-state index contributed by atoms with van der Waals surface area (Å²) in [6, 6.07) is 5.87. The molecule has 2 aromatic rings. The minimum Gasteiger partial charge on any atom is -0.497 e. The van der Waals surface area contributed by atoms with E-state index in [1.54, 1.807) is 14.2 Å². The van der Waals surface area contributed by atoms with E-state index in [-0.39, 0.29) is 5.56 Å². The number of methoxy groups -OCH3 is 2. The summed E-state index contributed by atoms with van der Waals surface area (Å²) >= 11 is 0. The molecule has 1 aliphatic heterocycles. The Balaban J connectivity index is 1.78. The van der Waals surface area contributed by atoms with Gasteiger partial charge in [-0.3, -0.25) is 9.69 Å². The van der Waals surface area contributed by atoms with Crippen LogP contribution in [-0.2, 0) is 25.9 Å². The lowest BCUT2D eigenvalue weighted by molar-refractivity contribution is 0.240. The van der Waals surface area contributed by atoms with Crippen LogP contribution in [0.4, 0.5) is 0 Å². The first-order chi connectivity index (χ1) is 12.1. The van der Waals surface area contributed by atoms with Crippen molar-refractivity contribution < 1.29 is 9.47 Å². The highest BCUT2D eigenvalue weighted by atomic mass is 16.5. The second-order valence-corrected chi connectivity index (χ2v) is 6.37. The van der Waals surface area contributed by atoms with Gasteiger partial charge >= 0.3 is 0 Å². The second-order valence-electron chi connectivity index (χ2n) is 6.37. The van der Waals surface area contributed by atoms with Crippen LogP contribution in [0, 0.1) is 0 Å². The van der Waals surface area contributed by atoms with Crippen LogP contribution in [-0.4, -0.2) is 35.6 Å². The number of aromatic amines is 1. The van der Waals surface area contributed by atoms with E-state index < -0.39 is 0 Å². The molecular formula is C19H25N3O3. The molecule has 6 heteroatoms. The van der Waals surface area contributed by atoms with Gasteiger partial charge in [0.2, 0.25) is 0 Å². The number of benzene rings is 1. The first-order valence-electron chi connectivity index (χ1n) is 8.68. The molecule has 1 aliphatic rings. The van der Waals surface area contributed by atoms with Gasteiger partial charge in [-0.1, -0.05) is 6.92 Å². The Morgan fingerprint density at radius 3 is 2.56 bits per heavy atom. The van der Waals surface area contributed by atoms with E-state index in [0.717, 1.165) is 66.5 Å². The fourth-order valence-corrected chi connectivity index (χ4v) is 3.24. The van der Waals surface area contributed by atoms with Crippen molar-refractivity contribution in [1.82, 2.24) is 14.9 Å². The van der Waals surface area contributed by atoms with Crippen LogP contribution < -0.4 is 15.0 Å². The van der Waals surface area contributed by atoms with Crippen LogP contribution in [0.2, 0.25) is 0 Å². The molecule has 25 heavy (non-hydrogen) atoms. The number of rotatable bonds is 6. The third-order valence-corrected chi connectivity index (χ3v) is 4.50. The maximum absolute atomic E-state index is 12.4. The van der Waals surface area contributed by atoms with Gasteiger partial charge in [-0.15, -0.1) is 0 Å². The van der Waals surface area contributed by atoms with Gasteiger partial charge in [-0.25, -0.2) is 4.98 Å². The van der Waals surface area contributed by atoms with Crippen LogP contribution in [0.15, 0.2) is 23.0 Å². The van der Waals surface area contributed by atoms with Gasteiger partial charge in [0.1, 0.15) is 17.3 Å². The van der Waals surface area contributed by atoms with Crippen LogP contribution >= 0.6 is 0 Å². The zero-order chi connectivity index (χ0) is 17.8. The molecule has 0 bridgehead atoms. The number of nitrogens with zero attached hydrogens (tertiary/aromatic N) is 2. The number of hydrogen-bond acceptors (Lipinski definition) is 5. The summed E-state index contributed by atoms with van der Waals surface area (Å²) in [4.78, 5) is 22.2. The molecule has 0 unspecified atom stereocenters. The van der Waals surface area contributed by atoms with Gasteiger partial charge in [0.25, 0.3) is 5.56 Å². The first-order valence-corrected chi connectivity index (χ1v) is 8.68. The van der Waals surface area contributed by atoms with Crippen molar-refractivity contribution in [1.29, 1.82) is 0 Å². The molecule has 0 spiro atoms. The topological polar surface area (TPSA) is 67.5 Å². The van der Waals surface area contributed by atoms with Gasteiger partial charge < -0.3 is 14.5 Å². The Hall–Kier alpha value is -2.34. The minimum absolute atomic E-state index is 0.00127. The van der Waals surface area contributed by atoms with Crippen molar-refractivity contribution in [2.75, 3.05) is 20.8 Å². The lowest BCUT2D eigenvalue weighted by atomic mass is 10.1. The Kier molecular flexibility index (Phi) is 5.38. The molecule has 0 atom stereocenters. The van der Waals surface area contributed by atoms with Gasteiger partial charge in [0.15, 0.2) is 0 Å². The maximum Gasteiger partial charge on any atom is 0.255 e. The van der Waals surface area contributed by atoms with Crippen molar-refractivity contribution in [3.8, 4) is 11.5 Å². The molecule has 0 saturated carbocycles. The van der Waals surface area contributed by atoms with Crippen LogP contribution in [0.25, 0.3) is 0 Å². The number of ether oxygens (including phenoxy) is 2. The predicted molar refractivity (Wildman–Crippen MR) is 96.2 cm³/mol. The van der Waals surface area contributed by atoms with E-state index in [2.05, 4.69) is 21.8 Å². The monoisotopic (exact) mass is 343 g/mol. The quantitative estimate of drug-likeness (QED) is 0.872. The average molecular weight is 343 g/mol. The van der Waals surface area contributed by atoms with Crippen LogP contribution in [0.5, 0.6) is 11.5 Å². The summed E-state index contributed by atoms with van der Waals surface area (Å²) in [7, 11) is 3.30. The number of aryl methyl sites for hydroxylation is 1. The van der Waals surface area contributed by atoms with E-state index in [4.69, 9.17) is 9.47 Å².